The first kappa shape index (κ1) is 17.3. The SMILES string of the molecule is CCn1c(=O)c2cc(C(=O)Nc3ccccc3OC)sc2c2ccccc21. The predicted octanol–water partition coefficient (Wildman–Crippen LogP) is 4.50. The third-order valence-electron chi connectivity index (χ3n) is 4.54. The molecule has 4 rings (SSSR count). The molecule has 5 nitrogen and oxygen atoms in total. The first-order valence-corrected chi connectivity index (χ1v) is 9.45. The Balaban J connectivity index is 1.84. The number of rotatable bonds is 4. The number of nitrogens with one attached hydrogen (secondary N) is 1. The molecule has 0 saturated heterocycles. The number of amides is 1. The monoisotopic (exact) mass is 378 g/mol. The molecule has 136 valence electrons. The van der Waals surface area contributed by atoms with E-state index in [0.29, 0.717) is 28.2 Å². The fourth-order valence-electron chi connectivity index (χ4n) is 3.26. The number of ether oxygens (including phenoxy) is 1. The molecule has 2 heterocycles. The zero-order chi connectivity index (χ0) is 19.0. The van der Waals surface area contributed by atoms with Crippen LogP contribution in [-0.2, 0) is 6.54 Å². The highest BCUT2D eigenvalue weighted by molar-refractivity contribution is 7.21. The fraction of sp³-hybridized carbons (Fsp3) is 0.143. The topological polar surface area (TPSA) is 60.3 Å². The molecule has 0 aliphatic carbocycles. The van der Waals surface area contributed by atoms with Crippen molar-refractivity contribution in [2.75, 3.05) is 12.4 Å². The number of benzene rings is 2. The van der Waals surface area contributed by atoms with Gasteiger partial charge in [0, 0.05) is 16.6 Å². The van der Waals surface area contributed by atoms with Gasteiger partial charge in [-0.3, -0.25) is 9.59 Å². The molecule has 0 spiro atoms. The van der Waals surface area contributed by atoms with Crippen LogP contribution in [0.15, 0.2) is 59.4 Å². The molecule has 0 aliphatic heterocycles. The molecule has 0 unspecified atom stereocenters. The minimum absolute atomic E-state index is 0.0706. The molecule has 0 radical (unpaired) electrons. The number of pyridine rings is 1. The number of fused-ring (bicyclic) bond motifs is 3. The lowest BCUT2D eigenvalue weighted by atomic mass is 10.1. The lowest BCUT2D eigenvalue weighted by Gasteiger charge is -2.08. The van der Waals surface area contributed by atoms with Crippen molar-refractivity contribution < 1.29 is 9.53 Å². The van der Waals surface area contributed by atoms with Gasteiger partial charge < -0.3 is 14.6 Å². The maximum atomic E-state index is 12.9. The van der Waals surface area contributed by atoms with Gasteiger partial charge >= 0.3 is 0 Å². The average Bonchev–Trinajstić information content (AvgIpc) is 3.15. The Bertz CT molecular complexity index is 1220. The van der Waals surface area contributed by atoms with Crippen LogP contribution in [0.4, 0.5) is 5.69 Å². The van der Waals surface area contributed by atoms with E-state index in [-0.39, 0.29) is 11.5 Å². The van der Waals surface area contributed by atoms with Crippen molar-refractivity contribution in [3.05, 3.63) is 69.8 Å². The van der Waals surface area contributed by atoms with Gasteiger partial charge in [0.25, 0.3) is 11.5 Å². The minimum Gasteiger partial charge on any atom is -0.495 e. The average molecular weight is 378 g/mol. The van der Waals surface area contributed by atoms with Gasteiger partial charge in [0.1, 0.15) is 5.75 Å². The molecule has 4 aromatic rings. The zero-order valence-corrected chi connectivity index (χ0v) is 15.8. The number of methoxy groups -OCH3 is 1. The van der Waals surface area contributed by atoms with Crippen molar-refractivity contribution >= 4 is 43.9 Å². The van der Waals surface area contributed by atoms with Crippen molar-refractivity contribution in [2.24, 2.45) is 0 Å². The third kappa shape index (κ3) is 2.88. The number of aromatic nitrogens is 1. The summed E-state index contributed by atoms with van der Waals surface area (Å²) in [5, 5.41) is 4.43. The van der Waals surface area contributed by atoms with E-state index in [1.165, 1.54) is 11.3 Å². The molecule has 6 heteroatoms. The number of para-hydroxylation sites is 3. The highest BCUT2D eigenvalue weighted by Gasteiger charge is 2.17. The number of hydrogen-bond donors (Lipinski definition) is 1. The van der Waals surface area contributed by atoms with E-state index in [4.69, 9.17) is 4.74 Å². The van der Waals surface area contributed by atoms with Gasteiger partial charge in [-0.25, -0.2) is 0 Å². The van der Waals surface area contributed by atoms with Crippen molar-refractivity contribution in [1.82, 2.24) is 4.57 Å². The molecular formula is C21H18N2O3S. The van der Waals surface area contributed by atoms with Crippen molar-refractivity contribution in [2.45, 2.75) is 13.5 Å². The maximum absolute atomic E-state index is 12.9. The van der Waals surface area contributed by atoms with E-state index >= 15 is 0 Å². The normalized spacial score (nSPS) is 11.0. The van der Waals surface area contributed by atoms with Gasteiger partial charge in [0.2, 0.25) is 0 Å². The predicted molar refractivity (Wildman–Crippen MR) is 110 cm³/mol. The van der Waals surface area contributed by atoms with E-state index in [9.17, 15) is 9.59 Å². The van der Waals surface area contributed by atoms with Crippen LogP contribution in [0, 0.1) is 0 Å². The summed E-state index contributed by atoms with van der Waals surface area (Å²) in [4.78, 5) is 26.2. The zero-order valence-electron chi connectivity index (χ0n) is 15.0. The molecule has 0 bridgehead atoms. The molecule has 1 N–H and O–H groups in total. The second-order valence-electron chi connectivity index (χ2n) is 6.07. The van der Waals surface area contributed by atoms with Crippen molar-refractivity contribution in [1.29, 1.82) is 0 Å². The summed E-state index contributed by atoms with van der Waals surface area (Å²) >= 11 is 1.33. The summed E-state index contributed by atoms with van der Waals surface area (Å²) in [7, 11) is 1.56. The lowest BCUT2D eigenvalue weighted by molar-refractivity contribution is 0.103. The second-order valence-corrected chi connectivity index (χ2v) is 7.13. The van der Waals surface area contributed by atoms with Gasteiger partial charge in [-0.2, -0.15) is 0 Å². The van der Waals surface area contributed by atoms with E-state index in [2.05, 4.69) is 5.32 Å². The molecule has 0 saturated carbocycles. The first-order valence-electron chi connectivity index (χ1n) is 8.63. The standard InChI is InChI=1S/C21H18N2O3S/c1-3-23-16-10-6-4-8-13(16)19-14(21(23)25)12-18(27-19)20(24)22-15-9-5-7-11-17(15)26-2/h4-12H,3H2,1-2H3,(H,22,24). The highest BCUT2D eigenvalue weighted by Crippen LogP contribution is 2.31. The third-order valence-corrected chi connectivity index (χ3v) is 5.71. The molecule has 0 fully saturated rings. The van der Waals surface area contributed by atoms with Crippen LogP contribution in [0.25, 0.3) is 21.0 Å². The Morgan fingerprint density at radius 2 is 1.85 bits per heavy atom. The van der Waals surface area contributed by atoms with Crippen molar-refractivity contribution in [3.63, 3.8) is 0 Å². The number of thiophene rings is 1. The van der Waals surface area contributed by atoms with Gasteiger partial charge in [-0.05, 0) is 31.2 Å². The summed E-state index contributed by atoms with van der Waals surface area (Å²) in [6.07, 6.45) is 0. The van der Waals surface area contributed by atoms with E-state index in [1.807, 2.05) is 43.3 Å². The molecular weight excluding hydrogens is 360 g/mol. The quantitative estimate of drug-likeness (QED) is 0.569. The highest BCUT2D eigenvalue weighted by atomic mass is 32.1. The number of hydrogen-bond acceptors (Lipinski definition) is 4. The van der Waals surface area contributed by atoms with Crippen LogP contribution in [-0.4, -0.2) is 17.6 Å². The number of nitrogens with zero attached hydrogens (tertiary/aromatic N) is 1. The van der Waals surface area contributed by atoms with E-state index in [1.54, 1.807) is 29.9 Å². The molecule has 2 aromatic heterocycles. The van der Waals surface area contributed by atoms with Crippen LogP contribution >= 0.6 is 11.3 Å². The van der Waals surface area contributed by atoms with Crippen LogP contribution in [0.2, 0.25) is 0 Å². The molecule has 2 aromatic carbocycles. The Kier molecular flexibility index (Phi) is 4.41. The Morgan fingerprint density at radius 3 is 2.63 bits per heavy atom. The molecule has 27 heavy (non-hydrogen) atoms. The maximum Gasteiger partial charge on any atom is 0.265 e. The Hall–Kier alpha value is -3.12. The number of aryl methyl sites for hydroxylation is 1. The van der Waals surface area contributed by atoms with Crippen molar-refractivity contribution in [3.8, 4) is 5.75 Å². The Labute approximate surface area is 159 Å². The smallest absolute Gasteiger partial charge is 0.265 e. The number of anilines is 1. The summed E-state index contributed by atoms with van der Waals surface area (Å²) < 4.78 is 7.86. The number of carbonyl (C=O) groups is 1. The summed E-state index contributed by atoms with van der Waals surface area (Å²) in [6.45, 7) is 2.52. The van der Waals surface area contributed by atoms with Crippen LogP contribution in [0.1, 0.15) is 16.6 Å². The largest absolute Gasteiger partial charge is 0.495 e. The van der Waals surface area contributed by atoms with E-state index in [0.717, 1.165) is 15.6 Å². The van der Waals surface area contributed by atoms with E-state index < -0.39 is 0 Å². The van der Waals surface area contributed by atoms with Crippen LogP contribution in [0.5, 0.6) is 5.75 Å². The minimum atomic E-state index is -0.257. The summed E-state index contributed by atoms with van der Waals surface area (Å²) in [5.41, 5.74) is 1.41. The van der Waals surface area contributed by atoms with Crippen LogP contribution < -0.4 is 15.6 Å². The summed E-state index contributed by atoms with van der Waals surface area (Å²) in [6, 6.07) is 16.7. The first-order chi connectivity index (χ1) is 13.1. The molecule has 0 atom stereocenters. The van der Waals surface area contributed by atoms with Gasteiger partial charge in [0.15, 0.2) is 0 Å². The van der Waals surface area contributed by atoms with Gasteiger partial charge in [-0.1, -0.05) is 30.3 Å². The fourth-order valence-corrected chi connectivity index (χ4v) is 4.34. The van der Waals surface area contributed by atoms with Gasteiger partial charge in [-0.15, -0.1) is 11.3 Å². The van der Waals surface area contributed by atoms with Crippen LogP contribution in [0.3, 0.4) is 0 Å². The second kappa shape index (κ2) is 6.89. The molecule has 0 aliphatic rings. The lowest BCUT2D eigenvalue weighted by Crippen LogP contribution is -2.19. The summed E-state index contributed by atoms with van der Waals surface area (Å²) in [5.74, 6) is 0.331. The molecule has 1 amide bonds. The Morgan fingerprint density at radius 1 is 1.11 bits per heavy atom. The number of carbonyl (C=O) groups excluding carboxylic acids is 1. The van der Waals surface area contributed by atoms with Gasteiger partial charge in [0.05, 0.1) is 28.6 Å².